The lowest BCUT2D eigenvalue weighted by molar-refractivity contribution is -0.119. The Morgan fingerprint density at radius 3 is 2.17 bits per heavy atom. The molecule has 1 N–H and O–H groups in total. The predicted octanol–water partition coefficient (Wildman–Crippen LogP) is 4.64. The Balaban J connectivity index is 1.50. The summed E-state index contributed by atoms with van der Waals surface area (Å²) in [5.74, 6) is 1.06. The van der Waals surface area contributed by atoms with Gasteiger partial charge in [0.25, 0.3) is 15.9 Å². The van der Waals surface area contributed by atoms with Crippen molar-refractivity contribution in [3.05, 3.63) is 108 Å². The standard InChI is InChI=1S/C31H31N3O7S/c1-38-25-15-16-27(29(19-25)39-2)34(42(36,37)26-12-8-5-9-13-26)21-31(35)33-32-20-24-14-17-28(30(18-24)40-3)41-22-23-10-6-4-7-11-23/h4-20H,21-22H2,1-3H3,(H,33,35)/b32-20-. The number of nitrogens with zero attached hydrogens (tertiary/aromatic N) is 2. The van der Waals surface area contributed by atoms with Gasteiger partial charge in [-0.2, -0.15) is 5.10 Å². The summed E-state index contributed by atoms with van der Waals surface area (Å²) in [7, 11) is 0.272. The number of anilines is 1. The highest BCUT2D eigenvalue weighted by Crippen LogP contribution is 2.35. The van der Waals surface area contributed by atoms with Crippen LogP contribution < -0.4 is 28.7 Å². The molecule has 11 heteroatoms. The highest BCUT2D eigenvalue weighted by molar-refractivity contribution is 7.92. The molecule has 1 amide bonds. The highest BCUT2D eigenvalue weighted by atomic mass is 32.2. The predicted molar refractivity (Wildman–Crippen MR) is 160 cm³/mol. The number of rotatable bonds is 13. The maximum atomic E-state index is 13.6. The fraction of sp³-hybridized carbons (Fsp3) is 0.161. The van der Waals surface area contributed by atoms with Crippen molar-refractivity contribution in [1.29, 1.82) is 0 Å². The van der Waals surface area contributed by atoms with Gasteiger partial charge >= 0.3 is 0 Å². The van der Waals surface area contributed by atoms with Crippen molar-refractivity contribution in [2.45, 2.75) is 11.5 Å². The van der Waals surface area contributed by atoms with Crippen molar-refractivity contribution >= 4 is 27.8 Å². The maximum Gasteiger partial charge on any atom is 0.264 e. The van der Waals surface area contributed by atoms with Crippen LogP contribution in [0.1, 0.15) is 11.1 Å². The van der Waals surface area contributed by atoms with Gasteiger partial charge in [0.2, 0.25) is 0 Å². The van der Waals surface area contributed by atoms with Gasteiger partial charge in [0, 0.05) is 6.07 Å². The quantitative estimate of drug-likeness (QED) is 0.179. The minimum atomic E-state index is -4.15. The lowest BCUT2D eigenvalue weighted by atomic mass is 10.2. The Bertz CT molecular complexity index is 1630. The summed E-state index contributed by atoms with van der Waals surface area (Å²) in [6, 6.07) is 27.4. The van der Waals surface area contributed by atoms with E-state index in [1.165, 1.54) is 45.7 Å². The fourth-order valence-electron chi connectivity index (χ4n) is 3.97. The lowest BCUT2D eigenvalue weighted by Crippen LogP contribution is -2.39. The zero-order chi connectivity index (χ0) is 30.0. The number of methoxy groups -OCH3 is 3. The zero-order valence-corrected chi connectivity index (χ0v) is 24.2. The average molecular weight is 590 g/mol. The highest BCUT2D eigenvalue weighted by Gasteiger charge is 2.29. The fourth-order valence-corrected chi connectivity index (χ4v) is 5.43. The molecule has 0 radical (unpaired) electrons. The third-order valence-electron chi connectivity index (χ3n) is 6.10. The van der Waals surface area contributed by atoms with Gasteiger partial charge in [-0.15, -0.1) is 0 Å². The normalized spacial score (nSPS) is 11.1. The molecule has 0 aromatic heterocycles. The van der Waals surface area contributed by atoms with Crippen LogP contribution in [0.5, 0.6) is 23.0 Å². The van der Waals surface area contributed by atoms with Gasteiger partial charge in [-0.25, -0.2) is 13.8 Å². The molecule has 0 aliphatic heterocycles. The molecule has 0 aliphatic carbocycles. The largest absolute Gasteiger partial charge is 0.497 e. The summed E-state index contributed by atoms with van der Waals surface area (Å²) in [5, 5.41) is 4.02. The summed E-state index contributed by atoms with van der Waals surface area (Å²) in [6.07, 6.45) is 1.42. The first kappa shape index (κ1) is 29.9. The van der Waals surface area contributed by atoms with Crippen molar-refractivity contribution in [3.63, 3.8) is 0 Å². The number of carbonyl (C=O) groups is 1. The van der Waals surface area contributed by atoms with Crippen LogP contribution in [0.4, 0.5) is 5.69 Å². The molecular formula is C31H31N3O7S. The third-order valence-corrected chi connectivity index (χ3v) is 7.88. The Morgan fingerprint density at radius 2 is 1.50 bits per heavy atom. The molecule has 42 heavy (non-hydrogen) atoms. The molecule has 218 valence electrons. The van der Waals surface area contributed by atoms with Gasteiger partial charge < -0.3 is 18.9 Å². The van der Waals surface area contributed by atoms with Gasteiger partial charge in [0.15, 0.2) is 11.5 Å². The van der Waals surface area contributed by atoms with Crippen LogP contribution in [0.3, 0.4) is 0 Å². The van der Waals surface area contributed by atoms with E-state index in [2.05, 4.69) is 10.5 Å². The minimum absolute atomic E-state index is 0.0147. The molecular weight excluding hydrogens is 558 g/mol. The van der Waals surface area contributed by atoms with Crippen LogP contribution in [-0.4, -0.2) is 48.4 Å². The van der Waals surface area contributed by atoms with E-state index in [-0.39, 0.29) is 16.3 Å². The van der Waals surface area contributed by atoms with E-state index in [9.17, 15) is 13.2 Å². The molecule has 0 saturated carbocycles. The summed E-state index contributed by atoms with van der Waals surface area (Å²) in [6.45, 7) is -0.186. The molecule has 0 atom stereocenters. The van der Waals surface area contributed by atoms with E-state index < -0.39 is 22.5 Å². The third kappa shape index (κ3) is 7.38. The van der Waals surface area contributed by atoms with Crippen molar-refractivity contribution in [2.24, 2.45) is 5.10 Å². The Morgan fingerprint density at radius 1 is 0.810 bits per heavy atom. The molecule has 0 spiro atoms. The Labute approximate surface area is 245 Å². The van der Waals surface area contributed by atoms with Crippen LogP contribution in [0.2, 0.25) is 0 Å². The monoisotopic (exact) mass is 589 g/mol. The van der Waals surface area contributed by atoms with E-state index in [1.54, 1.807) is 48.5 Å². The molecule has 0 bridgehead atoms. The molecule has 0 saturated heterocycles. The van der Waals surface area contributed by atoms with Crippen LogP contribution in [0.15, 0.2) is 107 Å². The van der Waals surface area contributed by atoms with Crippen LogP contribution in [0, 0.1) is 0 Å². The molecule has 0 fully saturated rings. The average Bonchev–Trinajstić information content (AvgIpc) is 3.03. The summed E-state index contributed by atoms with van der Waals surface area (Å²) >= 11 is 0. The second kappa shape index (κ2) is 14.0. The first-order valence-electron chi connectivity index (χ1n) is 12.8. The number of hydrazone groups is 1. The van der Waals surface area contributed by atoms with Crippen molar-refractivity contribution < 1.29 is 32.2 Å². The number of hydrogen-bond donors (Lipinski definition) is 1. The molecule has 0 heterocycles. The van der Waals surface area contributed by atoms with Gasteiger partial charge in [0.1, 0.15) is 24.7 Å². The van der Waals surface area contributed by atoms with E-state index in [1.807, 2.05) is 30.3 Å². The molecule has 4 rings (SSSR count). The minimum Gasteiger partial charge on any atom is -0.497 e. The molecule has 10 nitrogen and oxygen atoms in total. The van der Waals surface area contributed by atoms with Gasteiger partial charge in [-0.05, 0) is 53.6 Å². The zero-order valence-electron chi connectivity index (χ0n) is 23.4. The number of hydrogen-bond acceptors (Lipinski definition) is 8. The first-order valence-corrected chi connectivity index (χ1v) is 14.3. The van der Waals surface area contributed by atoms with Gasteiger partial charge in [-0.3, -0.25) is 9.10 Å². The maximum absolute atomic E-state index is 13.6. The van der Waals surface area contributed by atoms with E-state index in [4.69, 9.17) is 18.9 Å². The van der Waals surface area contributed by atoms with Crippen LogP contribution in [-0.2, 0) is 21.4 Å². The molecule has 4 aromatic carbocycles. The topological polar surface area (TPSA) is 116 Å². The lowest BCUT2D eigenvalue weighted by Gasteiger charge is -2.25. The second-order valence-electron chi connectivity index (χ2n) is 8.84. The van der Waals surface area contributed by atoms with Crippen LogP contribution >= 0.6 is 0 Å². The number of nitrogens with one attached hydrogen (secondary N) is 1. The van der Waals surface area contributed by atoms with Crippen molar-refractivity contribution in [3.8, 4) is 23.0 Å². The van der Waals surface area contributed by atoms with Gasteiger partial charge in [0.05, 0.1) is 38.1 Å². The van der Waals surface area contributed by atoms with Crippen LogP contribution in [0.25, 0.3) is 0 Å². The van der Waals surface area contributed by atoms with Crippen molar-refractivity contribution in [2.75, 3.05) is 32.2 Å². The number of benzene rings is 4. The number of carbonyl (C=O) groups excluding carboxylic acids is 1. The number of sulfonamides is 1. The van der Waals surface area contributed by atoms with E-state index in [0.29, 0.717) is 29.4 Å². The molecule has 0 aliphatic rings. The van der Waals surface area contributed by atoms with E-state index >= 15 is 0 Å². The second-order valence-corrected chi connectivity index (χ2v) is 10.7. The van der Waals surface area contributed by atoms with E-state index in [0.717, 1.165) is 9.87 Å². The summed E-state index contributed by atoms with van der Waals surface area (Å²) in [5.41, 5.74) is 4.21. The number of amides is 1. The summed E-state index contributed by atoms with van der Waals surface area (Å²) in [4.78, 5) is 13.0. The number of ether oxygens (including phenoxy) is 4. The Kier molecular flexibility index (Phi) is 10.0. The molecule has 0 unspecified atom stereocenters. The molecule has 4 aromatic rings. The van der Waals surface area contributed by atoms with Gasteiger partial charge in [-0.1, -0.05) is 48.5 Å². The SMILES string of the molecule is COc1ccc(N(CC(=O)N/N=C\c2ccc(OCc3ccccc3)c(OC)c2)S(=O)(=O)c2ccccc2)c(OC)c1. The van der Waals surface area contributed by atoms with Crippen molar-refractivity contribution in [1.82, 2.24) is 5.43 Å². The summed E-state index contributed by atoms with van der Waals surface area (Å²) < 4.78 is 50.2. The smallest absolute Gasteiger partial charge is 0.264 e. The Hall–Kier alpha value is -5.03. The first-order chi connectivity index (χ1) is 20.3.